The zero-order valence-corrected chi connectivity index (χ0v) is 11.3. The topological polar surface area (TPSA) is 56.8 Å². The Morgan fingerprint density at radius 2 is 2.32 bits per heavy atom. The van der Waals surface area contributed by atoms with E-state index in [4.69, 9.17) is 9.47 Å². The van der Waals surface area contributed by atoms with Gasteiger partial charge in [0, 0.05) is 24.6 Å². The van der Waals surface area contributed by atoms with E-state index in [0.29, 0.717) is 19.6 Å². The molecule has 0 bridgehead atoms. The maximum absolute atomic E-state index is 11.1. The Bertz CT molecular complexity index is 447. The van der Waals surface area contributed by atoms with E-state index in [-0.39, 0.29) is 12.0 Å². The molecule has 1 unspecified atom stereocenters. The molecule has 0 aliphatic carbocycles. The molecule has 5 heteroatoms. The highest BCUT2D eigenvalue weighted by molar-refractivity contribution is 5.69. The van der Waals surface area contributed by atoms with Gasteiger partial charge in [-0.3, -0.25) is 4.79 Å². The Morgan fingerprint density at radius 3 is 3.05 bits per heavy atom. The summed E-state index contributed by atoms with van der Waals surface area (Å²) >= 11 is 0. The van der Waals surface area contributed by atoms with Crippen LogP contribution in [-0.2, 0) is 9.53 Å². The van der Waals surface area contributed by atoms with Crippen molar-refractivity contribution in [3.8, 4) is 11.5 Å². The van der Waals surface area contributed by atoms with Gasteiger partial charge in [-0.15, -0.1) is 0 Å². The van der Waals surface area contributed by atoms with E-state index in [1.54, 1.807) is 7.11 Å². The highest BCUT2D eigenvalue weighted by Gasteiger charge is 2.21. The van der Waals surface area contributed by atoms with Gasteiger partial charge in [0.2, 0.25) is 0 Å². The second-order valence-corrected chi connectivity index (χ2v) is 4.37. The Labute approximate surface area is 112 Å². The zero-order valence-electron chi connectivity index (χ0n) is 11.3. The van der Waals surface area contributed by atoms with Crippen LogP contribution in [-0.4, -0.2) is 33.3 Å². The van der Waals surface area contributed by atoms with Crippen molar-refractivity contribution in [1.82, 2.24) is 5.32 Å². The molecule has 104 valence electrons. The number of nitrogens with one attached hydrogen (secondary N) is 1. The Hall–Kier alpha value is -1.75. The summed E-state index contributed by atoms with van der Waals surface area (Å²) in [7, 11) is 3.04. The van der Waals surface area contributed by atoms with Crippen molar-refractivity contribution in [2.24, 2.45) is 0 Å². The molecule has 1 aromatic rings. The minimum Gasteiger partial charge on any atom is -0.497 e. The third kappa shape index (κ3) is 3.38. The molecule has 0 spiro atoms. The standard InChI is InChI=1S/C14H19NO4/c1-17-10-3-4-13-11(9-10)12(6-8-19-13)15-7-5-14(16)18-2/h3-4,9,12,15H,5-8H2,1-2H3. The molecular formula is C14H19NO4. The Kier molecular flexibility index (Phi) is 4.63. The minimum atomic E-state index is -0.203. The van der Waals surface area contributed by atoms with Crippen LogP contribution in [0, 0.1) is 0 Å². The summed E-state index contributed by atoms with van der Waals surface area (Å²) in [5, 5.41) is 3.36. The highest BCUT2D eigenvalue weighted by atomic mass is 16.5. The fourth-order valence-electron chi connectivity index (χ4n) is 2.16. The third-order valence-corrected chi connectivity index (χ3v) is 3.20. The average molecular weight is 265 g/mol. The highest BCUT2D eigenvalue weighted by Crippen LogP contribution is 2.34. The van der Waals surface area contributed by atoms with Crippen LogP contribution in [0.4, 0.5) is 0 Å². The molecule has 0 fully saturated rings. The fraction of sp³-hybridized carbons (Fsp3) is 0.500. The van der Waals surface area contributed by atoms with E-state index in [0.717, 1.165) is 23.5 Å². The number of esters is 1. The first-order chi connectivity index (χ1) is 9.24. The first kappa shape index (κ1) is 13.7. The lowest BCUT2D eigenvalue weighted by Crippen LogP contribution is -2.29. The number of benzene rings is 1. The van der Waals surface area contributed by atoms with Gasteiger partial charge in [-0.1, -0.05) is 0 Å². The molecule has 1 aliphatic rings. The molecule has 0 radical (unpaired) electrons. The Balaban J connectivity index is 2.02. The van der Waals surface area contributed by atoms with Crippen molar-refractivity contribution in [2.45, 2.75) is 18.9 Å². The number of carbonyl (C=O) groups is 1. The van der Waals surface area contributed by atoms with Crippen molar-refractivity contribution >= 4 is 5.97 Å². The van der Waals surface area contributed by atoms with Gasteiger partial charge in [-0.2, -0.15) is 0 Å². The molecule has 5 nitrogen and oxygen atoms in total. The van der Waals surface area contributed by atoms with E-state index in [2.05, 4.69) is 10.1 Å². The molecule has 0 aromatic heterocycles. The van der Waals surface area contributed by atoms with Crippen LogP contribution in [0.2, 0.25) is 0 Å². The normalized spacial score (nSPS) is 17.3. The fourth-order valence-corrected chi connectivity index (χ4v) is 2.16. The maximum atomic E-state index is 11.1. The predicted molar refractivity (Wildman–Crippen MR) is 70.5 cm³/mol. The van der Waals surface area contributed by atoms with Crippen molar-refractivity contribution in [3.05, 3.63) is 23.8 Å². The van der Waals surface area contributed by atoms with E-state index in [1.807, 2.05) is 18.2 Å². The number of fused-ring (bicyclic) bond motifs is 1. The number of rotatable bonds is 5. The smallest absolute Gasteiger partial charge is 0.306 e. The lowest BCUT2D eigenvalue weighted by Gasteiger charge is -2.27. The van der Waals surface area contributed by atoms with Crippen molar-refractivity contribution in [3.63, 3.8) is 0 Å². The molecule has 1 heterocycles. The molecular weight excluding hydrogens is 246 g/mol. The summed E-state index contributed by atoms with van der Waals surface area (Å²) in [6.45, 7) is 1.27. The third-order valence-electron chi connectivity index (χ3n) is 3.20. The van der Waals surface area contributed by atoms with Crippen LogP contribution < -0.4 is 14.8 Å². The zero-order chi connectivity index (χ0) is 13.7. The van der Waals surface area contributed by atoms with E-state index >= 15 is 0 Å². The number of hydrogen-bond acceptors (Lipinski definition) is 5. The van der Waals surface area contributed by atoms with Crippen molar-refractivity contribution < 1.29 is 19.0 Å². The van der Waals surface area contributed by atoms with Crippen LogP contribution in [0.25, 0.3) is 0 Å². The van der Waals surface area contributed by atoms with E-state index < -0.39 is 0 Å². The maximum Gasteiger partial charge on any atom is 0.306 e. The van der Waals surface area contributed by atoms with E-state index in [9.17, 15) is 4.79 Å². The molecule has 2 rings (SSSR count). The SMILES string of the molecule is COC(=O)CCNC1CCOc2ccc(OC)cc21. The number of carbonyl (C=O) groups excluding carboxylic acids is 1. The molecule has 1 N–H and O–H groups in total. The van der Waals surface area contributed by atoms with Gasteiger partial charge in [-0.25, -0.2) is 0 Å². The second kappa shape index (κ2) is 6.43. The average Bonchev–Trinajstić information content (AvgIpc) is 2.46. The van der Waals surface area contributed by atoms with Crippen LogP contribution in [0.3, 0.4) is 0 Å². The van der Waals surface area contributed by atoms with E-state index in [1.165, 1.54) is 7.11 Å². The van der Waals surface area contributed by atoms with Gasteiger partial charge in [0.25, 0.3) is 0 Å². The molecule has 0 saturated carbocycles. The van der Waals surface area contributed by atoms with Gasteiger partial charge in [0.15, 0.2) is 0 Å². The van der Waals surface area contributed by atoms with Gasteiger partial charge in [0.05, 0.1) is 27.2 Å². The van der Waals surface area contributed by atoms with Crippen LogP contribution >= 0.6 is 0 Å². The van der Waals surface area contributed by atoms with Crippen LogP contribution in [0.15, 0.2) is 18.2 Å². The Morgan fingerprint density at radius 1 is 1.47 bits per heavy atom. The molecule has 0 amide bonds. The first-order valence-corrected chi connectivity index (χ1v) is 6.35. The minimum absolute atomic E-state index is 0.184. The quantitative estimate of drug-likeness (QED) is 0.821. The number of methoxy groups -OCH3 is 2. The summed E-state index contributed by atoms with van der Waals surface area (Å²) in [4.78, 5) is 11.1. The summed E-state index contributed by atoms with van der Waals surface area (Å²) in [6.07, 6.45) is 1.24. The lowest BCUT2D eigenvalue weighted by molar-refractivity contribution is -0.140. The van der Waals surface area contributed by atoms with Crippen molar-refractivity contribution in [1.29, 1.82) is 0 Å². The summed E-state index contributed by atoms with van der Waals surface area (Å²) in [5.74, 6) is 1.48. The summed E-state index contributed by atoms with van der Waals surface area (Å²) in [6, 6.07) is 5.96. The van der Waals surface area contributed by atoms with Gasteiger partial charge >= 0.3 is 5.97 Å². The largest absolute Gasteiger partial charge is 0.497 e. The van der Waals surface area contributed by atoms with Crippen molar-refractivity contribution in [2.75, 3.05) is 27.4 Å². The summed E-state index contributed by atoms with van der Waals surface area (Å²) < 4.78 is 15.5. The van der Waals surface area contributed by atoms with Crippen LogP contribution in [0.5, 0.6) is 11.5 Å². The molecule has 1 aliphatic heterocycles. The van der Waals surface area contributed by atoms with Gasteiger partial charge in [-0.05, 0) is 18.2 Å². The molecule has 1 atom stereocenters. The van der Waals surface area contributed by atoms with Gasteiger partial charge < -0.3 is 19.5 Å². The van der Waals surface area contributed by atoms with Gasteiger partial charge in [0.1, 0.15) is 11.5 Å². The molecule has 1 aromatic carbocycles. The number of ether oxygens (including phenoxy) is 3. The molecule has 0 saturated heterocycles. The first-order valence-electron chi connectivity index (χ1n) is 6.35. The number of hydrogen-bond donors (Lipinski definition) is 1. The lowest BCUT2D eigenvalue weighted by atomic mass is 10.00. The summed E-state index contributed by atoms with van der Waals surface area (Å²) in [5.41, 5.74) is 1.08. The monoisotopic (exact) mass is 265 g/mol. The van der Waals surface area contributed by atoms with Crippen LogP contribution in [0.1, 0.15) is 24.4 Å². The molecule has 19 heavy (non-hydrogen) atoms. The predicted octanol–water partition coefficient (Wildman–Crippen LogP) is 1.67. The second-order valence-electron chi connectivity index (χ2n) is 4.37.